The third kappa shape index (κ3) is 3.27. The number of methoxy groups -OCH3 is 1. The predicted octanol–water partition coefficient (Wildman–Crippen LogP) is 0.799. The number of likely N-dealkylation sites (tertiary alicyclic amines) is 1. The van der Waals surface area contributed by atoms with Crippen molar-refractivity contribution in [2.24, 2.45) is 0 Å². The number of carboxylic acid groups (broad SMARTS) is 1. The standard InChI is InChI=1S/C14H18N2O4/c1-20-11-7-12(14(18)19)16(9-11)13(17)8-15-10-5-3-2-4-6-10/h2-6,11-12,15H,7-9H2,1H3,(H,18,19). The number of amides is 1. The van der Waals surface area contributed by atoms with Gasteiger partial charge in [-0.05, 0) is 12.1 Å². The number of anilines is 1. The maximum Gasteiger partial charge on any atom is 0.326 e. The van der Waals surface area contributed by atoms with Crippen LogP contribution in [0.3, 0.4) is 0 Å². The van der Waals surface area contributed by atoms with Crippen molar-refractivity contribution in [1.29, 1.82) is 0 Å². The van der Waals surface area contributed by atoms with E-state index < -0.39 is 12.0 Å². The van der Waals surface area contributed by atoms with Gasteiger partial charge in [0.1, 0.15) is 6.04 Å². The molecule has 1 amide bonds. The first kappa shape index (κ1) is 14.3. The Morgan fingerprint density at radius 2 is 2.10 bits per heavy atom. The Bertz CT molecular complexity index is 477. The molecule has 2 N–H and O–H groups in total. The topological polar surface area (TPSA) is 78.9 Å². The molecular formula is C14H18N2O4. The summed E-state index contributed by atoms with van der Waals surface area (Å²) in [4.78, 5) is 24.7. The molecule has 2 atom stereocenters. The third-order valence-electron chi connectivity index (χ3n) is 3.42. The number of ether oxygens (including phenoxy) is 1. The maximum absolute atomic E-state index is 12.1. The summed E-state index contributed by atoms with van der Waals surface area (Å²) in [5.74, 6) is -1.22. The molecule has 1 aromatic carbocycles. The molecule has 0 aliphatic carbocycles. The number of aliphatic carboxylic acids is 1. The lowest BCUT2D eigenvalue weighted by atomic mass is 10.2. The highest BCUT2D eigenvalue weighted by Crippen LogP contribution is 2.20. The lowest BCUT2D eigenvalue weighted by Crippen LogP contribution is -2.43. The SMILES string of the molecule is COC1CC(C(=O)O)N(C(=O)CNc2ccccc2)C1. The molecule has 2 rings (SSSR count). The largest absolute Gasteiger partial charge is 0.480 e. The van der Waals surface area contributed by atoms with Crippen molar-refractivity contribution in [3.63, 3.8) is 0 Å². The van der Waals surface area contributed by atoms with Crippen molar-refractivity contribution in [2.45, 2.75) is 18.6 Å². The normalized spacial score (nSPS) is 21.8. The minimum atomic E-state index is -0.988. The van der Waals surface area contributed by atoms with E-state index in [4.69, 9.17) is 9.84 Å². The third-order valence-corrected chi connectivity index (χ3v) is 3.42. The molecule has 1 aromatic rings. The minimum Gasteiger partial charge on any atom is -0.480 e. The van der Waals surface area contributed by atoms with Crippen molar-refractivity contribution in [2.75, 3.05) is 25.5 Å². The Labute approximate surface area is 117 Å². The molecule has 1 saturated heterocycles. The number of rotatable bonds is 5. The second-order valence-electron chi connectivity index (χ2n) is 4.71. The maximum atomic E-state index is 12.1. The van der Waals surface area contributed by atoms with Gasteiger partial charge in [-0.1, -0.05) is 18.2 Å². The summed E-state index contributed by atoms with van der Waals surface area (Å²) in [5, 5.41) is 12.1. The highest BCUT2D eigenvalue weighted by molar-refractivity contribution is 5.87. The van der Waals surface area contributed by atoms with E-state index in [0.717, 1.165) is 5.69 Å². The van der Waals surface area contributed by atoms with E-state index in [1.165, 1.54) is 12.0 Å². The van der Waals surface area contributed by atoms with Gasteiger partial charge in [-0.25, -0.2) is 4.79 Å². The van der Waals surface area contributed by atoms with E-state index in [9.17, 15) is 9.59 Å². The zero-order valence-electron chi connectivity index (χ0n) is 11.3. The quantitative estimate of drug-likeness (QED) is 0.833. The Morgan fingerprint density at radius 3 is 2.70 bits per heavy atom. The van der Waals surface area contributed by atoms with Gasteiger partial charge in [0.2, 0.25) is 5.91 Å². The molecule has 1 fully saturated rings. The van der Waals surface area contributed by atoms with Crippen LogP contribution in [0.4, 0.5) is 5.69 Å². The summed E-state index contributed by atoms with van der Waals surface area (Å²) in [6.07, 6.45) is 0.125. The summed E-state index contributed by atoms with van der Waals surface area (Å²) in [6, 6.07) is 8.52. The zero-order valence-corrected chi connectivity index (χ0v) is 11.3. The summed E-state index contributed by atoms with van der Waals surface area (Å²) in [5.41, 5.74) is 0.829. The molecule has 0 bridgehead atoms. The van der Waals surface area contributed by atoms with E-state index in [1.54, 1.807) is 0 Å². The fourth-order valence-electron chi connectivity index (χ4n) is 2.31. The van der Waals surface area contributed by atoms with E-state index in [0.29, 0.717) is 13.0 Å². The Hall–Kier alpha value is -2.08. The Balaban J connectivity index is 1.95. The van der Waals surface area contributed by atoms with Crippen molar-refractivity contribution in [1.82, 2.24) is 4.90 Å². The van der Waals surface area contributed by atoms with Crippen LogP contribution in [-0.2, 0) is 14.3 Å². The molecule has 6 nitrogen and oxygen atoms in total. The van der Waals surface area contributed by atoms with Crippen LogP contribution in [0.1, 0.15) is 6.42 Å². The van der Waals surface area contributed by atoms with Gasteiger partial charge >= 0.3 is 5.97 Å². The van der Waals surface area contributed by atoms with Gasteiger partial charge in [-0.15, -0.1) is 0 Å². The number of para-hydroxylation sites is 1. The second-order valence-corrected chi connectivity index (χ2v) is 4.71. The molecule has 108 valence electrons. The number of carboxylic acids is 1. The lowest BCUT2D eigenvalue weighted by molar-refractivity contribution is -0.147. The van der Waals surface area contributed by atoms with Crippen molar-refractivity contribution < 1.29 is 19.4 Å². The molecule has 1 heterocycles. The van der Waals surface area contributed by atoms with Gasteiger partial charge in [-0.2, -0.15) is 0 Å². The molecule has 1 aliphatic heterocycles. The number of carbonyl (C=O) groups excluding carboxylic acids is 1. The minimum absolute atomic E-state index is 0.0736. The van der Waals surface area contributed by atoms with Gasteiger partial charge in [0.15, 0.2) is 0 Å². The molecule has 0 aromatic heterocycles. The number of carbonyl (C=O) groups is 2. The number of hydrogen-bond donors (Lipinski definition) is 2. The van der Waals surface area contributed by atoms with E-state index in [1.807, 2.05) is 30.3 Å². The Morgan fingerprint density at radius 1 is 1.40 bits per heavy atom. The van der Waals surface area contributed by atoms with Gasteiger partial charge in [-0.3, -0.25) is 4.79 Å². The summed E-state index contributed by atoms with van der Waals surface area (Å²) in [6.45, 7) is 0.396. The van der Waals surface area contributed by atoms with Crippen LogP contribution in [0, 0.1) is 0 Å². The lowest BCUT2D eigenvalue weighted by Gasteiger charge is -2.21. The highest BCUT2D eigenvalue weighted by Gasteiger charge is 2.39. The smallest absolute Gasteiger partial charge is 0.326 e. The van der Waals surface area contributed by atoms with Crippen LogP contribution in [0.2, 0.25) is 0 Å². The molecular weight excluding hydrogens is 260 g/mol. The van der Waals surface area contributed by atoms with Crippen LogP contribution < -0.4 is 5.32 Å². The van der Waals surface area contributed by atoms with Crippen molar-refractivity contribution in [3.8, 4) is 0 Å². The Kier molecular flexibility index (Phi) is 4.57. The van der Waals surface area contributed by atoms with Crippen LogP contribution in [0.5, 0.6) is 0 Å². The van der Waals surface area contributed by atoms with Gasteiger partial charge in [0, 0.05) is 25.8 Å². The summed E-state index contributed by atoms with van der Waals surface area (Å²) < 4.78 is 5.16. The van der Waals surface area contributed by atoms with Crippen molar-refractivity contribution in [3.05, 3.63) is 30.3 Å². The van der Waals surface area contributed by atoms with Gasteiger partial charge in [0.25, 0.3) is 0 Å². The monoisotopic (exact) mass is 278 g/mol. The molecule has 0 spiro atoms. The molecule has 1 aliphatic rings. The fourth-order valence-corrected chi connectivity index (χ4v) is 2.31. The molecule has 0 saturated carbocycles. The van der Waals surface area contributed by atoms with Gasteiger partial charge in [0.05, 0.1) is 12.6 Å². The summed E-state index contributed by atoms with van der Waals surface area (Å²) >= 11 is 0. The highest BCUT2D eigenvalue weighted by atomic mass is 16.5. The first-order chi connectivity index (χ1) is 9.61. The predicted molar refractivity (Wildman–Crippen MR) is 73.5 cm³/mol. The fraction of sp³-hybridized carbons (Fsp3) is 0.429. The summed E-state index contributed by atoms with van der Waals surface area (Å²) in [7, 11) is 1.53. The van der Waals surface area contributed by atoms with Crippen LogP contribution in [-0.4, -0.2) is 54.2 Å². The first-order valence-electron chi connectivity index (χ1n) is 6.46. The second kappa shape index (κ2) is 6.38. The molecule has 6 heteroatoms. The van der Waals surface area contributed by atoms with Crippen LogP contribution >= 0.6 is 0 Å². The average molecular weight is 278 g/mol. The first-order valence-corrected chi connectivity index (χ1v) is 6.46. The van der Waals surface area contributed by atoms with Crippen molar-refractivity contribution >= 4 is 17.6 Å². The van der Waals surface area contributed by atoms with Crippen LogP contribution in [0.25, 0.3) is 0 Å². The number of nitrogens with one attached hydrogen (secondary N) is 1. The van der Waals surface area contributed by atoms with Gasteiger partial charge < -0.3 is 20.1 Å². The van der Waals surface area contributed by atoms with E-state index >= 15 is 0 Å². The van der Waals surface area contributed by atoms with Crippen LogP contribution in [0.15, 0.2) is 30.3 Å². The molecule has 20 heavy (non-hydrogen) atoms. The van der Waals surface area contributed by atoms with E-state index in [-0.39, 0.29) is 18.6 Å². The number of benzene rings is 1. The number of nitrogens with zero attached hydrogens (tertiary/aromatic N) is 1. The molecule has 2 unspecified atom stereocenters. The molecule has 0 radical (unpaired) electrons. The van der Waals surface area contributed by atoms with E-state index in [2.05, 4.69) is 5.32 Å². The average Bonchev–Trinajstić information content (AvgIpc) is 2.90. The number of hydrogen-bond acceptors (Lipinski definition) is 4. The zero-order chi connectivity index (χ0) is 14.5.